The highest BCUT2D eigenvalue weighted by Gasteiger charge is 2.52. The average Bonchev–Trinajstić information content (AvgIpc) is 3.06. The average molecular weight is 366 g/mol. The van der Waals surface area contributed by atoms with E-state index in [-0.39, 0.29) is 12.5 Å². The Labute approximate surface area is 154 Å². The lowest BCUT2D eigenvalue weighted by Gasteiger charge is -2.35. The summed E-state index contributed by atoms with van der Waals surface area (Å²) in [5.41, 5.74) is 0. The van der Waals surface area contributed by atoms with Crippen LogP contribution in [0, 0.1) is 17.8 Å². The van der Waals surface area contributed by atoms with Crippen LogP contribution in [-0.2, 0) is 19.1 Å². The molecule has 3 rings (SSSR count). The predicted octanol–water partition coefficient (Wildman–Crippen LogP) is 1.41. The summed E-state index contributed by atoms with van der Waals surface area (Å²) >= 11 is 0. The number of ether oxygens (including phenoxy) is 1. The van der Waals surface area contributed by atoms with Gasteiger partial charge < -0.3 is 20.1 Å². The molecule has 2 aliphatic carbocycles. The molecule has 1 aliphatic heterocycles. The molecule has 0 aromatic carbocycles. The Bertz CT molecular complexity index is 546. The number of likely N-dealkylation sites (tertiary alicyclic amines) is 1. The first-order valence-corrected chi connectivity index (χ1v) is 9.84. The van der Waals surface area contributed by atoms with Crippen LogP contribution in [0.1, 0.15) is 51.9 Å². The van der Waals surface area contributed by atoms with Gasteiger partial charge in [-0.15, -0.1) is 0 Å². The van der Waals surface area contributed by atoms with Crippen LogP contribution in [-0.4, -0.2) is 59.6 Å². The zero-order valence-electron chi connectivity index (χ0n) is 15.5. The maximum atomic E-state index is 12.6. The molecular weight excluding hydrogens is 336 g/mol. The first kappa shape index (κ1) is 19.1. The van der Waals surface area contributed by atoms with E-state index in [9.17, 15) is 14.4 Å². The van der Waals surface area contributed by atoms with Crippen LogP contribution in [0.5, 0.6) is 0 Å². The zero-order chi connectivity index (χ0) is 18.7. The van der Waals surface area contributed by atoms with Gasteiger partial charge in [-0.1, -0.05) is 26.2 Å². The first-order valence-electron chi connectivity index (χ1n) is 9.84. The number of nitrogens with zero attached hydrogens (tertiary/aromatic N) is 1. The van der Waals surface area contributed by atoms with Gasteiger partial charge in [0.05, 0.1) is 0 Å². The molecule has 146 valence electrons. The fourth-order valence-electron chi connectivity index (χ4n) is 5.24. The SMILES string of the molecule is C[C@H]1C[C@@H]2[C@@H](CC(=O)N2C2CCCCC2)[C@@H]1CNC(=O)COCC(=O)O. The number of rotatable bonds is 7. The van der Waals surface area contributed by atoms with E-state index in [0.29, 0.717) is 48.7 Å². The van der Waals surface area contributed by atoms with Crippen molar-refractivity contribution in [3.05, 3.63) is 0 Å². The van der Waals surface area contributed by atoms with Crippen molar-refractivity contribution in [2.24, 2.45) is 17.8 Å². The summed E-state index contributed by atoms with van der Waals surface area (Å²) in [5.74, 6) is -0.0161. The van der Waals surface area contributed by atoms with Crippen molar-refractivity contribution in [1.29, 1.82) is 0 Å². The van der Waals surface area contributed by atoms with Gasteiger partial charge in [0.15, 0.2) is 0 Å². The summed E-state index contributed by atoms with van der Waals surface area (Å²) in [6.07, 6.45) is 7.60. The summed E-state index contributed by atoms with van der Waals surface area (Å²) in [5, 5.41) is 11.4. The minimum atomic E-state index is -1.09. The fraction of sp³-hybridized carbons (Fsp3) is 0.842. The minimum Gasteiger partial charge on any atom is -0.480 e. The van der Waals surface area contributed by atoms with Crippen molar-refractivity contribution in [1.82, 2.24) is 10.2 Å². The number of carbonyl (C=O) groups is 3. The Kier molecular flexibility index (Phi) is 6.16. The van der Waals surface area contributed by atoms with E-state index in [1.807, 2.05) is 0 Å². The molecule has 26 heavy (non-hydrogen) atoms. The van der Waals surface area contributed by atoms with Crippen molar-refractivity contribution in [3.63, 3.8) is 0 Å². The van der Waals surface area contributed by atoms with Gasteiger partial charge in [-0.25, -0.2) is 4.79 Å². The van der Waals surface area contributed by atoms with Gasteiger partial charge in [0.1, 0.15) is 13.2 Å². The molecule has 7 heteroatoms. The second-order valence-electron chi connectivity index (χ2n) is 8.10. The second kappa shape index (κ2) is 8.37. The summed E-state index contributed by atoms with van der Waals surface area (Å²) in [6, 6.07) is 0.738. The third-order valence-corrected chi connectivity index (χ3v) is 6.41. The van der Waals surface area contributed by atoms with Crippen molar-refractivity contribution in [3.8, 4) is 0 Å². The van der Waals surface area contributed by atoms with Crippen LogP contribution in [0.4, 0.5) is 0 Å². The fourth-order valence-corrected chi connectivity index (χ4v) is 5.24. The van der Waals surface area contributed by atoms with Crippen molar-refractivity contribution >= 4 is 17.8 Å². The van der Waals surface area contributed by atoms with E-state index in [2.05, 4.69) is 17.1 Å². The maximum Gasteiger partial charge on any atom is 0.329 e. The molecule has 0 aromatic heterocycles. The van der Waals surface area contributed by atoms with E-state index in [1.165, 1.54) is 19.3 Å². The highest BCUT2D eigenvalue weighted by molar-refractivity contribution is 5.80. The number of carbonyl (C=O) groups excluding carboxylic acids is 2. The molecular formula is C19H30N2O5. The minimum absolute atomic E-state index is 0.241. The van der Waals surface area contributed by atoms with Crippen LogP contribution < -0.4 is 5.32 Å². The zero-order valence-corrected chi connectivity index (χ0v) is 15.5. The summed E-state index contributed by atoms with van der Waals surface area (Å²) in [6.45, 7) is 2.03. The standard InChI is InChI=1S/C19H30N2O5/c1-12-7-16-14(8-18(23)21(16)13-5-3-2-4-6-13)15(12)9-20-17(22)10-26-11-19(24)25/h12-16H,2-11H2,1H3,(H,20,22)(H,24,25)/t12-,14-,15+,16+/m0/s1. The van der Waals surface area contributed by atoms with Gasteiger partial charge in [0.25, 0.3) is 0 Å². The van der Waals surface area contributed by atoms with E-state index < -0.39 is 12.6 Å². The highest BCUT2D eigenvalue weighted by atomic mass is 16.5. The molecule has 1 heterocycles. The summed E-state index contributed by atoms with van der Waals surface area (Å²) < 4.78 is 4.83. The number of hydrogen-bond acceptors (Lipinski definition) is 4. The maximum absolute atomic E-state index is 12.6. The molecule has 0 spiro atoms. The smallest absolute Gasteiger partial charge is 0.329 e. The van der Waals surface area contributed by atoms with Crippen LogP contribution in [0.3, 0.4) is 0 Å². The molecule has 7 nitrogen and oxygen atoms in total. The number of fused-ring (bicyclic) bond motifs is 1. The number of hydrogen-bond donors (Lipinski definition) is 2. The van der Waals surface area contributed by atoms with Crippen LogP contribution in [0.2, 0.25) is 0 Å². The van der Waals surface area contributed by atoms with Crippen LogP contribution in [0.25, 0.3) is 0 Å². The summed E-state index contributed by atoms with van der Waals surface area (Å²) in [4.78, 5) is 37.1. The molecule has 2 N–H and O–H groups in total. The lowest BCUT2D eigenvalue weighted by molar-refractivity contribution is -0.143. The van der Waals surface area contributed by atoms with E-state index in [0.717, 1.165) is 19.3 Å². The van der Waals surface area contributed by atoms with Gasteiger partial charge in [-0.2, -0.15) is 0 Å². The normalized spacial score (nSPS) is 31.9. The number of aliphatic carboxylic acids is 1. The molecule has 2 amide bonds. The molecule has 3 fully saturated rings. The first-order chi connectivity index (χ1) is 12.5. The van der Waals surface area contributed by atoms with Gasteiger partial charge in [0, 0.05) is 25.0 Å². The Morgan fingerprint density at radius 2 is 1.96 bits per heavy atom. The molecule has 2 saturated carbocycles. The number of amides is 2. The Morgan fingerprint density at radius 3 is 2.65 bits per heavy atom. The van der Waals surface area contributed by atoms with Gasteiger partial charge >= 0.3 is 5.97 Å². The Morgan fingerprint density at radius 1 is 1.23 bits per heavy atom. The third kappa shape index (κ3) is 4.19. The molecule has 0 aromatic rings. The highest BCUT2D eigenvalue weighted by Crippen LogP contribution is 2.47. The molecule has 1 saturated heterocycles. The number of carboxylic acid groups (broad SMARTS) is 1. The second-order valence-corrected chi connectivity index (χ2v) is 8.10. The summed E-state index contributed by atoms with van der Waals surface area (Å²) in [7, 11) is 0. The largest absolute Gasteiger partial charge is 0.480 e. The van der Waals surface area contributed by atoms with E-state index >= 15 is 0 Å². The molecule has 0 unspecified atom stereocenters. The quantitative estimate of drug-likeness (QED) is 0.710. The molecule has 0 radical (unpaired) electrons. The van der Waals surface area contributed by atoms with Crippen molar-refractivity contribution in [2.75, 3.05) is 19.8 Å². The van der Waals surface area contributed by atoms with Crippen LogP contribution in [0.15, 0.2) is 0 Å². The number of nitrogens with one attached hydrogen (secondary N) is 1. The van der Waals surface area contributed by atoms with Gasteiger partial charge in [-0.05, 0) is 37.0 Å². The van der Waals surface area contributed by atoms with E-state index in [1.54, 1.807) is 0 Å². The predicted molar refractivity (Wildman–Crippen MR) is 94.3 cm³/mol. The van der Waals surface area contributed by atoms with E-state index in [4.69, 9.17) is 9.84 Å². The molecule has 0 bridgehead atoms. The van der Waals surface area contributed by atoms with Gasteiger partial charge in [0.2, 0.25) is 11.8 Å². The lowest BCUT2D eigenvalue weighted by Crippen LogP contribution is -2.43. The monoisotopic (exact) mass is 366 g/mol. The molecule has 4 atom stereocenters. The van der Waals surface area contributed by atoms with Crippen molar-refractivity contribution < 1.29 is 24.2 Å². The van der Waals surface area contributed by atoms with Crippen LogP contribution >= 0.6 is 0 Å². The molecule has 3 aliphatic rings. The van der Waals surface area contributed by atoms with Gasteiger partial charge in [-0.3, -0.25) is 9.59 Å². The Hall–Kier alpha value is -1.63. The topological polar surface area (TPSA) is 95.9 Å². The van der Waals surface area contributed by atoms with Crippen molar-refractivity contribution in [2.45, 2.75) is 64.0 Å². The number of carboxylic acids is 1. The Balaban J connectivity index is 1.53. The lowest BCUT2D eigenvalue weighted by atomic mass is 9.88. The third-order valence-electron chi connectivity index (χ3n) is 6.41.